The Morgan fingerprint density at radius 1 is 1.19 bits per heavy atom. The predicted octanol–water partition coefficient (Wildman–Crippen LogP) is 4.32. The highest BCUT2D eigenvalue weighted by atomic mass is 79.9. The first-order valence-corrected chi connectivity index (χ1v) is 7.25. The van der Waals surface area contributed by atoms with E-state index in [4.69, 9.17) is 26.2 Å². The Kier molecular flexibility index (Phi) is 5.45. The fourth-order valence-corrected chi connectivity index (χ4v) is 2.65. The average molecular weight is 376 g/mol. The lowest BCUT2D eigenvalue weighted by atomic mass is 10.2. The average Bonchev–Trinajstić information content (AvgIpc) is 2.44. The number of rotatable bonds is 5. The minimum absolute atomic E-state index is 0.144. The summed E-state index contributed by atoms with van der Waals surface area (Å²) in [4.78, 5) is 0. The maximum atomic E-state index is 13.3. The van der Waals surface area contributed by atoms with Gasteiger partial charge in [-0.25, -0.2) is 4.39 Å². The molecule has 0 saturated heterocycles. The summed E-state index contributed by atoms with van der Waals surface area (Å²) >= 11 is 9.35. The van der Waals surface area contributed by atoms with E-state index in [9.17, 15) is 4.39 Å². The quantitative estimate of drug-likeness (QED) is 0.846. The Hall–Kier alpha value is -1.30. The molecule has 0 spiro atoms. The van der Waals surface area contributed by atoms with E-state index in [2.05, 4.69) is 15.9 Å². The minimum Gasteiger partial charge on any atom is -0.493 e. The number of hydrogen-bond acceptors (Lipinski definition) is 3. The fourth-order valence-electron chi connectivity index (χ4n) is 1.85. The molecule has 112 valence electrons. The van der Waals surface area contributed by atoms with Gasteiger partial charge in [-0.2, -0.15) is 0 Å². The van der Waals surface area contributed by atoms with Gasteiger partial charge in [-0.3, -0.25) is 0 Å². The zero-order valence-corrected chi connectivity index (χ0v) is 13.5. The van der Waals surface area contributed by atoms with Crippen molar-refractivity contribution in [3.05, 3.63) is 56.8 Å². The van der Waals surface area contributed by atoms with Gasteiger partial charge in [0.15, 0.2) is 11.5 Å². The van der Waals surface area contributed by atoms with Crippen LogP contribution in [0.2, 0.25) is 5.02 Å². The van der Waals surface area contributed by atoms with Gasteiger partial charge in [0.05, 0.1) is 18.7 Å². The Balaban J connectivity index is 2.23. The summed E-state index contributed by atoms with van der Waals surface area (Å²) in [5, 5.41) is 9.47. The lowest BCUT2D eigenvalue weighted by Crippen LogP contribution is -2.00. The maximum Gasteiger partial charge on any atom is 0.180 e. The second kappa shape index (κ2) is 7.11. The molecule has 0 aliphatic rings. The molecular formula is C15H13BrClFO3. The van der Waals surface area contributed by atoms with Gasteiger partial charge in [-0.05, 0) is 41.5 Å². The number of methoxy groups -OCH3 is 1. The molecule has 0 heterocycles. The summed E-state index contributed by atoms with van der Waals surface area (Å²) in [6.07, 6.45) is 0. The van der Waals surface area contributed by atoms with E-state index >= 15 is 0 Å². The molecule has 0 aliphatic heterocycles. The van der Waals surface area contributed by atoms with Crippen molar-refractivity contribution in [3.63, 3.8) is 0 Å². The third-order valence-corrected chi connectivity index (χ3v) is 3.52. The molecule has 0 fully saturated rings. The van der Waals surface area contributed by atoms with E-state index < -0.39 is 0 Å². The number of aliphatic hydroxyl groups is 1. The van der Waals surface area contributed by atoms with Crippen molar-refractivity contribution in [2.24, 2.45) is 0 Å². The Morgan fingerprint density at radius 2 is 1.95 bits per heavy atom. The van der Waals surface area contributed by atoms with Crippen LogP contribution in [0.25, 0.3) is 0 Å². The molecule has 1 N–H and O–H groups in total. The topological polar surface area (TPSA) is 38.7 Å². The van der Waals surface area contributed by atoms with E-state index in [0.29, 0.717) is 32.1 Å². The lowest BCUT2D eigenvalue weighted by molar-refractivity contribution is 0.274. The molecule has 0 amide bonds. The second-order valence-corrected chi connectivity index (χ2v) is 5.66. The van der Waals surface area contributed by atoms with Crippen molar-refractivity contribution in [1.29, 1.82) is 0 Å². The van der Waals surface area contributed by atoms with Crippen LogP contribution in [0.1, 0.15) is 11.1 Å². The van der Waals surface area contributed by atoms with Gasteiger partial charge in [-0.1, -0.05) is 27.5 Å². The molecular weight excluding hydrogens is 363 g/mol. The van der Waals surface area contributed by atoms with Crippen LogP contribution < -0.4 is 9.47 Å². The number of benzene rings is 2. The molecule has 0 atom stereocenters. The van der Waals surface area contributed by atoms with Crippen molar-refractivity contribution >= 4 is 27.5 Å². The van der Waals surface area contributed by atoms with Gasteiger partial charge >= 0.3 is 0 Å². The summed E-state index contributed by atoms with van der Waals surface area (Å²) < 4.78 is 24.8. The Bertz CT molecular complexity index is 629. The molecule has 21 heavy (non-hydrogen) atoms. The minimum atomic E-state index is -0.350. The van der Waals surface area contributed by atoms with Crippen LogP contribution in [0.4, 0.5) is 4.39 Å². The normalized spacial score (nSPS) is 10.5. The number of halogens is 3. The van der Waals surface area contributed by atoms with Gasteiger partial charge in [0.2, 0.25) is 0 Å². The van der Waals surface area contributed by atoms with Crippen LogP contribution >= 0.6 is 27.5 Å². The van der Waals surface area contributed by atoms with Gasteiger partial charge < -0.3 is 14.6 Å². The molecule has 2 rings (SSSR count). The van der Waals surface area contributed by atoms with Crippen LogP contribution in [0.3, 0.4) is 0 Å². The van der Waals surface area contributed by atoms with E-state index in [0.717, 1.165) is 0 Å². The van der Waals surface area contributed by atoms with Crippen LogP contribution in [-0.4, -0.2) is 12.2 Å². The van der Waals surface area contributed by atoms with E-state index in [-0.39, 0.29) is 19.0 Å². The van der Waals surface area contributed by atoms with Crippen molar-refractivity contribution in [1.82, 2.24) is 0 Å². The van der Waals surface area contributed by atoms with Gasteiger partial charge in [0.1, 0.15) is 12.4 Å². The highest BCUT2D eigenvalue weighted by Gasteiger charge is 2.12. The largest absolute Gasteiger partial charge is 0.493 e. The zero-order chi connectivity index (χ0) is 15.4. The lowest BCUT2D eigenvalue weighted by Gasteiger charge is -2.14. The summed E-state index contributed by atoms with van der Waals surface area (Å²) in [5.74, 6) is 0.426. The van der Waals surface area contributed by atoms with E-state index in [1.165, 1.54) is 19.2 Å². The highest BCUT2D eigenvalue weighted by Crippen LogP contribution is 2.37. The molecule has 0 aromatic heterocycles. The fraction of sp³-hybridized carbons (Fsp3) is 0.200. The molecule has 2 aromatic rings. The van der Waals surface area contributed by atoms with Crippen LogP contribution in [0.5, 0.6) is 11.5 Å². The standard InChI is InChI=1S/C15H13BrClFO3/c1-20-14-5-9(7-19)4-13(17)15(14)21-8-10-2-11(16)6-12(18)3-10/h2-6,19H,7-8H2,1H3. The first-order valence-electron chi connectivity index (χ1n) is 6.08. The van der Waals surface area contributed by atoms with Gasteiger partial charge in [0.25, 0.3) is 0 Å². The van der Waals surface area contributed by atoms with E-state index in [1.54, 1.807) is 18.2 Å². The van der Waals surface area contributed by atoms with Crippen LogP contribution in [0.15, 0.2) is 34.8 Å². The molecule has 3 nitrogen and oxygen atoms in total. The summed E-state index contributed by atoms with van der Waals surface area (Å²) in [6, 6.07) is 7.75. The smallest absolute Gasteiger partial charge is 0.180 e. The Labute approximate surface area is 135 Å². The number of aliphatic hydroxyl groups excluding tert-OH is 1. The van der Waals surface area contributed by atoms with Crippen LogP contribution in [0, 0.1) is 5.82 Å². The van der Waals surface area contributed by atoms with Gasteiger partial charge in [-0.15, -0.1) is 0 Å². The molecule has 0 unspecified atom stereocenters. The van der Waals surface area contributed by atoms with Crippen molar-refractivity contribution in [3.8, 4) is 11.5 Å². The second-order valence-electron chi connectivity index (χ2n) is 4.33. The van der Waals surface area contributed by atoms with E-state index in [1.807, 2.05) is 0 Å². The summed E-state index contributed by atoms with van der Waals surface area (Å²) in [6.45, 7) is -0.00187. The number of hydrogen-bond donors (Lipinski definition) is 1. The maximum absolute atomic E-state index is 13.3. The first-order chi connectivity index (χ1) is 10.0. The molecule has 6 heteroatoms. The molecule has 2 aromatic carbocycles. The molecule has 0 aliphatic carbocycles. The van der Waals surface area contributed by atoms with Gasteiger partial charge in [0, 0.05) is 4.47 Å². The summed E-state index contributed by atoms with van der Waals surface area (Å²) in [5.41, 5.74) is 1.28. The number of ether oxygens (including phenoxy) is 2. The molecule has 0 saturated carbocycles. The summed E-state index contributed by atoms with van der Waals surface area (Å²) in [7, 11) is 1.48. The van der Waals surface area contributed by atoms with Crippen molar-refractivity contribution < 1.29 is 19.0 Å². The Morgan fingerprint density at radius 3 is 2.57 bits per heavy atom. The van der Waals surface area contributed by atoms with Crippen LogP contribution in [-0.2, 0) is 13.2 Å². The first kappa shape index (κ1) is 16.1. The molecule has 0 radical (unpaired) electrons. The predicted molar refractivity (Wildman–Crippen MR) is 82.4 cm³/mol. The third-order valence-electron chi connectivity index (χ3n) is 2.78. The van der Waals surface area contributed by atoms with Crippen molar-refractivity contribution in [2.45, 2.75) is 13.2 Å². The highest BCUT2D eigenvalue weighted by molar-refractivity contribution is 9.10. The SMILES string of the molecule is COc1cc(CO)cc(Cl)c1OCc1cc(F)cc(Br)c1. The molecule has 0 bridgehead atoms. The third kappa shape index (κ3) is 4.09. The van der Waals surface area contributed by atoms with Crippen molar-refractivity contribution in [2.75, 3.05) is 7.11 Å². The monoisotopic (exact) mass is 374 g/mol. The zero-order valence-electron chi connectivity index (χ0n) is 11.2.